The van der Waals surface area contributed by atoms with Crippen LogP contribution in [0.15, 0.2) is 42.5 Å². The first kappa shape index (κ1) is 24.5. The number of ether oxygens (including phenoxy) is 1. The van der Waals surface area contributed by atoms with E-state index in [9.17, 15) is 23.4 Å². The highest BCUT2D eigenvalue weighted by Crippen LogP contribution is 2.38. The Morgan fingerprint density at radius 2 is 1.82 bits per heavy atom. The topological polar surface area (TPSA) is 78.4 Å². The summed E-state index contributed by atoms with van der Waals surface area (Å²) in [6, 6.07) is 10.8. The third-order valence-electron chi connectivity index (χ3n) is 4.68. The smallest absolute Gasteiger partial charge is 0.435 e. The van der Waals surface area contributed by atoms with E-state index in [1.807, 2.05) is 0 Å². The number of nitrogens with one attached hydrogen (secondary N) is 1. The number of phenols is 1. The highest BCUT2D eigenvalue weighted by atomic mass is 35.5. The van der Waals surface area contributed by atoms with Crippen LogP contribution in [-0.2, 0) is 12.8 Å². The van der Waals surface area contributed by atoms with E-state index in [0.717, 1.165) is 11.6 Å². The fraction of sp³-hybridized carbons (Fsp3) is 0.292. The van der Waals surface area contributed by atoms with Gasteiger partial charge < -0.3 is 14.9 Å². The summed E-state index contributed by atoms with van der Waals surface area (Å²) in [6.45, 7) is 3.48. The normalized spacial score (nSPS) is 11.7. The van der Waals surface area contributed by atoms with Gasteiger partial charge in [0.05, 0.1) is 11.3 Å². The lowest BCUT2D eigenvalue weighted by atomic mass is 10.0. The summed E-state index contributed by atoms with van der Waals surface area (Å²) in [7, 11) is 0. The number of alkyl halides is 3. The summed E-state index contributed by atoms with van der Waals surface area (Å²) in [5, 5.41) is 26.9. The third-order valence-corrected chi connectivity index (χ3v) is 4.93. The molecule has 1 aromatic heterocycles. The average Bonchev–Trinajstić information content (AvgIpc) is 3.22. The molecule has 0 saturated heterocycles. The van der Waals surface area contributed by atoms with Gasteiger partial charge >= 0.3 is 6.18 Å². The number of benzene rings is 2. The van der Waals surface area contributed by atoms with E-state index in [-0.39, 0.29) is 34.9 Å². The number of hydrogen-bond donors (Lipinski definition) is 3. The van der Waals surface area contributed by atoms with Gasteiger partial charge in [-0.2, -0.15) is 18.3 Å². The minimum Gasteiger partial charge on any atom is -0.506 e. The number of aromatic hydroxyl groups is 1. The minimum atomic E-state index is -4.62. The Labute approximate surface area is 194 Å². The van der Waals surface area contributed by atoms with Crippen LogP contribution in [0.5, 0.6) is 11.5 Å². The van der Waals surface area contributed by atoms with Crippen molar-refractivity contribution in [2.45, 2.75) is 45.1 Å². The fourth-order valence-corrected chi connectivity index (χ4v) is 3.02. The summed E-state index contributed by atoms with van der Waals surface area (Å²) >= 11 is 5.89. The predicted molar refractivity (Wildman–Crippen MR) is 119 cm³/mol. The van der Waals surface area contributed by atoms with Crippen molar-refractivity contribution in [3.05, 3.63) is 64.3 Å². The number of halogens is 4. The van der Waals surface area contributed by atoms with Crippen molar-refractivity contribution in [3.8, 4) is 34.6 Å². The van der Waals surface area contributed by atoms with E-state index >= 15 is 0 Å². The maximum absolute atomic E-state index is 12.9. The maximum Gasteiger partial charge on any atom is 0.435 e. The number of aliphatic hydroxyl groups is 1. The van der Waals surface area contributed by atoms with Crippen LogP contribution in [0.4, 0.5) is 13.2 Å². The molecule has 0 atom stereocenters. The molecule has 33 heavy (non-hydrogen) atoms. The Balaban J connectivity index is 1.94. The molecular weight excluding hydrogens is 457 g/mol. The van der Waals surface area contributed by atoms with Crippen molar-refractivity contribution in [2.75, 3.05) is 0 Å². The molecule has 9 heteroatoms. The van der Waals surface area contributed by atoms with E-state index < -0.39 is 17.5 Å². The molecular formula is C24H22ClF3N2O3. The van der Waals surface area contributed by atoms with E-state index in [2.05, 4.69) is 22.0 Å². The quantitative estimate of drug-likeness (QED) is 0.383. The molecule has 0 unspecified atom stereocenters. The van der Waals surface area contributed by atoms with E-state index in [4.69, 9.17) is 16.3 Å². The van der Waals surface area contributed by atoms with Crippen LogP contribution >= 0.6 is 11.6 Å². The first-order valence-electron chi connectivity index (χ1n) is 10.0. The van der Waals surface area contributed by atoms with Crippen LogP contribution in [0.1, 0.15) is 43.5 Å². The zero-order valence-electron chi connectivity index (χ0n) is 17.9. The van der Waals surface area contributed by atoms with Crippen molar-refractivity contribution in [1.29, 1.82) is 0 Å². The molecule has 0 amide bonds. The lowest BCUT2D eigenvalue weighted by Gasteiger charge is -2.14. The van der Waals surface area contributed by atoms with Crippen LogP contribution in [0.2, 0.25) is 5.02 Å². The minimum absolute atomic E-state index is 0.0105. The van der Waals surface area contributed by atoms with E-state index in [0.29, 0.717) is 17.9 Å². The number of aromatic nitrogens is 2. The SMILES string of the molecule is CC(C)(O)CCC#Cc1c(OCc2ccc(Cl)cc2)ccc(-c2cc(C(F)(F)F)n[nH]2)c1O. The molecule has 0 aliphatic carbocycles. The molecule has 0 radical (unpaired) electrons. The van der Waals surface area contributed by atoms with Gasteiger partial charge in [-0.25, -0.2) is 0 Å². The van der Waals surface area contributed by atoms with Gasteiger partial charge in [-0.3, -0.25) is 5.10 Å². The molecule has 0 fully saturated rings. The summed E-state index contributed by atoms with van der Waals surface area (Å²) in [5.41, 5.74) is -0.964. The molecule has 2 aromatic carbocycles. The van der Waals surface area contributed by atoms with Crippen LogP contribution < -0.4 is 4.74 Å². The highest BCUT2D eigenvalue weighted by molar-refractivity contribution is 6.30. The number of phenolic OH excluding ortho intramolecular Hbond substituents is 1. The predicted octanol–water partition coefficient (Wildman–Crippen LogP) is 5.94. The molecule has 3 N–H and O–H groups in total. The van der Waals surface area contributed by atoms with Gasteiger partial charge in [-0.15, -0.1) is 0 Å². The van der Waals surface area contributed by atoms with Crippen molar-refractivity contribution in [1.82, 2.24) is 10.2 Å². The van der Waals surface area contributed by atoms with Crippen molar-refractivity contribution < 1.29 is 28.1 Å². The van der Waals surface area contributed by atoms with E-state index in [1.54, 1.807) is 38.1 Å². The van der Waals surface area contributed by atoms with Gasteiger partial charge in [0.2, 0.25) is 0 Å². The van der Waals surface area contributed by atoms with Gasteiger partial charge in [0.25, 0.3) is 0 Å². The number of H-pyrrole nitrogens is 1. The van der Waals surface area contributed by atoms with Gasteiger partial charge in [0.15, 0.2) is 5.69 Å². The molecule has 0 spiro atoms. The molecule has 0 aliphatic heterocycles. The monoisotopic (exact) mass is 478 g/mol. The van der Waals surface area contributed by atoms with E-state index in [1.165, 1.54) is 12.1 Å². The summed E-state index contributed by atoms with van der Waals surface area (Å²) < 4.78 is 44.6. The number of aromatic amines is 1. The standard InChI is InChI=1S/C24H22ClF3N2O3/c1-23(2,32)12-4-3-5-18-20(33-14-15-6-8-16(25)9-7-15)11-10-17(22(18)31)19-13-21(30-29-19)24(26,27)28/h6-11,13,31-32H,4,12,14H2,1-2H3,(H,29,30). The Morgan fingerprint density at radius 3 is 2.42 bits per heavy atom. The van der Waals surface area contributed by atoms with Crippen molar-refractivity contribution in [3.63, 3.8) is 0 Å². The van der Waals surface area contributed by atoms with Crippen LogP contribution in [0.3, 0.4) is 0 Å². The van der Waals surface area contributed by atoms with Crippen LogP contribution in [-0.4, -0.2) is 26.0 Å². The number of hydrogen-bond acceptors (Lipinski definition) is 4. The molecule has 3 aromatic rings. The van der Waals surface area contributed by atoms with Gasteiger partial charge in [-0.05, 0) is 56.2 Å². The zero-order valence-corrected chi connectivity index (χ0v) is 18.7. The van der Waals surface area contributed by atoms with Gasteiger partial charge in [0, 0.05) is 17.0 Å². The summed E-state index contributed by atoms with van der Waals surface area (Å²) in [6.07, 6.45) is -3.88. The van der Waals surface area contributed by atoms with Crippen LogP contribution in [0.25, 0.3) is 11.3 Å². The summed E-state index contributed by atoms with van der Waals surface area (Å²) in [5.74, 6) is 5.64. The summed E-state index contributed by atoms with van der Waals surface area (Å²) in [4.78, 5) is 0. The second kappa shape index (κ2) is 9.77. The zero-order chi connectivity index (χ0) is 24.2. The molecule has 0 aliphatic rings. The largest absolute Gasteiger partial charge is 0.506 e. The molecule has 3 rings (SSSR count). The highest BCUT2D eigenvalue weighted by Gasteiger charge is 2.34. The second-order valence-corrected chi connectivity index (χ2v) is 8.47. The molecule has 0 bridgehead atoms. The molecule has 1 heterocycles. The number of rotatable bonds is 6. The lowest BCUT2D eigenvalue weighted by Crippen LogP contribution is -2.17. The first-order chi connectivity index (χ1) is 15.4. The fourth-order valence-electron chi connectivity index (χ4n) is 2.90. The molecule has 174 valence electrons. The lowest BCUT2D eigenvalue weighted by molar-refractivity contribution is -0.141. The van der Waals surface area contributed by atoms with Gasteiger partial charge in [-0.1, -0.05) is 35.6 Å². The first-order valence-corrected chi connectivity index (χ1v) is 10.4. The second-order valence-electron chi connectivity index (χ2n) is 8.03. The van der Waals surface area contributed by atoms with Crippen LogP contribution in [0, 0.1) is 11.8 Å². The molecule has 0 saturated carbocycles. The van der Waals surface area contributed by atoms with Crippen molar-refractivity contribution in [2.24, 2.45) is 0 Å². The third kappa shape index (κ3) is 6.67. The van der Waals surface area contributed by atoms with Gasteiger partial charge in [0.1, 0.15) is 23.7 Å². The number of nitrogens with zero attached hydrogens (tertiary/aromatic N) is 1. The molecule has 5 nitrogen and oxygen atoms in total. The average molecular weight is 479 g/mol. The van der Waals surface area contributed by atoms with Crippen molar-refractivity contribution >= 4 is 11.6 Å². The Bertz CT molecular complexity index is 1170. The Hall–Kier alpha value is -3.15. The maximum atomic E-state index is 12.9. The Morgan fingerprint density at radius 1 is 1.12 bits per heavy atom. The Kier molecular flexibility index (Phi) is 7.25.